The average molecular weight is 263 g/mol. The Hall–Kier alpha value is -1.22. The van der Waals surface area contributed by atoms with Gasteiger partial charge in [0.25, 0.3) is 0 Å². The van der Waals surface area contributed by atoms with Crippen LogP contribution in [0.1, 0.15) is 45.1 Å². The molecule has 0 bridgehead atoms. The van der Waals surface area contributed by atoms with Gasteiger partial charge in [-0.2, -0.15) is 0 Å². The summed E-state index contributed by atoms with van der Waals surface area (Å²) in [5, 5.41) is 3.52. The highest BCUT2D eigenvalue weighted by atomic mass is 16.5. The van der Waals surface area contributed by atoms with Crippen molar-refractivity contribution < 1.29 is 9.47 Å². The Morgan fingerprint density at radius 2 is 1.95 bits per heavy atom. The van der Waals surface area contributed by atoms with Gasteiger partial charge >= 0.3 is 0 Å². The number of methoxy groups -OCH3 is 1. The van der Waals surface area contributed by atoms with Crippen LogP contribution in [0.2, 0.25) is 0 Å². The molecule has 3 heteroatoms. The van der Waals surface area contributed by atoms with Crippen molar-refractivity contribution >= 4 is 0 Å². The van der Waals surface area contributed by atoms with Crippen LogP contribution in [0.3, 0.4) is 0 Å². The number of hydrogen-bond donors (Lipinski definition) is 1. The molecule has 0 spiro atoms. The van der Waals surface area contributed by atoms with E-state index >= 15 is 0 Å². The van der Waals surface area contributed by atoms with Crippen LogP contribution in [-0.4, -0.2) is 19.3 Å². The standard InChI is InChI=1S/C16H25NO2/c1-4-14(5-2)19-16-10-12(6-9-15(16)18-3)11-17-13-7-8-13/h6,9-10,13-14,17H,4-5,7-8,11H2,1-3H3. The largest absolute Gasteiger partial charge is 0.493 e. The van der Waals surface area contributed by atoms with Crippen LogP contribution in [0.15, 0.2) is 18.2 Å². The first-order valence-electron chi connectivity index (χ1n) is 7.33. The second kappa shape index (κ2) is 6.80. The summed E-state index contributed by atoms with van der Waals surface area (Å²) < 4.78 is 11.4. The molecule has 3 nitrogen and oxygen atoms in total. The van der Waals surface area contributed by atoms with Crippen LogP contribution >= 0.6 is 0 Å². The molecule has 1 aromatic rings. The summed E-state index contributed by atoms with van der Waals surface area (Å²) in [7, 11) is 1.69. The number of benzene rings is 1. The van der Waals surface area contributed by atoms with Crippen molar-refractivity contribution in [2.24, 2.45) is 0 Å². The van der Waals surface area contributed by atoms with E-state index in [9.17, 15) is 0 Å². The van der Waals surface area contributed by atoms with E-state index in [1.54, 1.807) is 7.11 Å². The lowest BCUT2D eigenvalue weighted by molar-refractivity contribution is 0.185. The first-order chi connectivity index (χ1) is 9.26. The highest BCUT2D eigenvalue weighted by molar-refractivity contribution is 5.43. The molecule has 0 radical (unpaired) electrons. The zero-order valence-electron chi connectivity index (χ0n) is 12.2. The maximum Gasteiger partial charge on any atom is 0.161 e. The summed E-state index contributed by atoms with van der Waals surface area (Å²) in [6.07, 6.45) is 4.93. The fraction of sp³-hybridized carbons (Fsp3) is 0.625. The van der Waals surface area contributed by atoms with Crippen LogP contribution in [0.25, 0.3) is 0 Å². The summed E-state index contributed by atoms with van der Waals surface area (Å²) in [6.45, 7) is 5.21. The van der Waals surface area contributed by atoms with Gasteiger partial charge < -0.3 is 14.8 Å². The zero-order valence-corrected chi connectivity index (χ0v) is 12.2. The Bertz CT molecular complexity index is 398. The Balaban J connectivity index is 2.05. The normalized spacial score (nSPS) is 14.7. The van der Waals surface area contributed by atoms with E-state index in [1.807, 2.05) is 6.07 Å². The van der Waals surface area contributed by atoms with Gasteiger partial charge in [-0.15, -0.1) is 0 Å². The highest BCUT2D eigenvalue weighted by Gasteiger charge is 2.20. The van der Waals surface area contributed by atoms with Crippen LogP contribution < -0.4 is 14.8 Å². The zero-order chi connectivity index (χ0) is 13.7. The number of hydrogen-bond acceptors (Lipinski definition) is 3. The third-order valence-electron chi connectivity index (χ3n) is 3.60. The molecule has 1 fully saturated rings. The summed E-state index contributed by atoms with van der Waals surface area (Å²) in [5.74, 6) is 1.69. The first-order valence-corrected chi connectivity index (χ1v) is 7.33. The number of ether oxygens (including phenoxy) is 2. The lowest BCUT2D eigenvalue weighted by atomic mass is 10.2. The third-order valence-corrected chi connectivity index (χ3v) is 3.60. The van der Waals surface area contributed by atoms with Crippen molar-refractivity contribution in [1.82, 2.24) is 5.32 Å². The molecule has 2 rings (SSSR count). The Labute approximate surface area is 116 Å². The monoisotopic (exact) mass is 263 g/mol. The van der Waals surface area contributed by atoms with E-state index in [2.05, 4.69) is 31.3 Å². The van der Waals surface area contributed by atoms with E-state index in [0.717, 1.165) is 36.9 Å². The predicted molar refractivity (Wildman–Crippen MR) is 77.9 cm³/mol. The summed E-state index contributed by atoms with van der Waals surface area (Å²) in [5.41, 5.74) is 1.26. The van der Waals surface area contributed by atoms with E-state index in [4.69, 9.17) is 9.47 Å². The molecule has 0 amide bonds. The van der Waals surface area contributed by atoms with E-state index < -0.39 is 0 Å². The van der Waals surface area contributed by atoms with Gasteiger partial charge in [-0.1, -0.05) is 19.9 Å². The second-order valence-electron chi connectivity index (χ2n) is 5.20. The molecule has 0 aromatic heterocycles. The second-order valence-corrected chi connectivity index (χ2v) is 5.20. The van der Waals surface area contributed by atoms with E-state index in [-0.39, 0.29) is 6.10 Å². The molecule has 0 saturated heterocycles. The van der Waals surface area contributed by atoms with E-state index in [1.165, 1.54) is 18.4 Å². The van der Waals surface area contributed by atoms with Crippen LogP contribution in [0.4, 0.5) is 0 Å². The average Bonchev–Trinajstić information content (AvgIpc) is 3.26. The lowest BCUT2D eigenvalue weighted by Gasteiger charge is -2.18. The molecule has 1 aliphatic rings. The molecule has 106 valence electrons. The predicted octanol–water partition coefficient (Wildman–Crippen LogP) is 3.51. The van der Waals surface area contributed by atoms with Gasteiger partial charge in [-0.05, 0) is 43.4 Å². The summed E-state index contributed by atoms with van der Waals surface area (Å²) in [4.78, 5) is 0. The molecule has 0 atom stereocenters. The van der Waals surface area contributed by atoms with Crippen molar-refractivity contribution in [3.8, 4) is 11.5 Å². The van der Waals surface area contributed by atoms with Gasteiger partial charge in [-0.25, -0.2) is 0 Å². The lowest BCUT2D eigenvalue weighted by Crippen LogP contribution is -2.16. The van der Waals surface area contributed by atoms with Crippen molar-refractivity contribution in [1.29, 1.82) is 0 Å². The smallest absolute Gasteiger partial charge is 0.161 e. The molecule has 19 heavy (non-hydrogen) atoms. The SMILES string of the molecule is CCC(CC)Oc1cc(CNC2CC2)ccc1OC. The van der Waals surface area contributed by atoms with Crippen LogP contribution in [-0.2, 0) is 6.54 Å². The van der Waals surface area contributed by atoms with Gasteiger partial charge in [0.1, 0.15) is 0 Å². The van der Waals surface area contributed by atoms with E-state index in [0.29, 0.717) is 0 Å². The number of rotatable bonds is 8. The minimum absolute atomic E-state index is 0.264. The van der Waals surface area contributed by atoms with Gasteiger partial charge in [0.05, 0.1) is 13.2 Å². The fourth-order valence-corrected chi connectivity index (χ4v) is 2.11. The first kappa shape index (κ1) is 14.2. The van der Waals surface area contributed by atoms with Gasteiger partial charge in [-0.3, -0.25) is 0 Å². The molecular formula is C16H25NO2. The molecule has 1 aromatic carbocycles. The fourth-order valence-electron chi connectivity index (χ4n) is 2.11. The molecule has 0 heterocycles. The molecule has 1 aliphatic carbocycles. The molecular weight excluding hydrogens is 238 g/mol. The molecule has 0 unspecified atom stereocenters. The topological polar surface area (TPSA) is 30.5 Å². The Morgan fingerprint density at radius 3 is 2.53 bits per heavy atom. The Kier molecular flexibility index (Phi) is 5.08. The minimum Gasteiger partial charge on any atom is -0.493 e. The van der Waals surface area contributed by atoms with Crippen LogP contribution in [0, 0.1) is 0 Å². The third kappa shape index (κ3) is 4.13. The molecule has 1 saturated carbocycles. The highest BCUT2D eigenvalue weighted by Crippen LogP contribution is 2.30. The van der Waals surface area contributed by atoms with Crippen molar-refractivity contribution in [3.05, 3.63) is 23.8 Å². The maximum atomic E-state index is 6.05. The Morgan fingerprint density at radius 1 is 1.21 bits per heavy atom. The van der Waals surface area contributed by atoms with Gasteiger partial charge in [0.15, 0.2) is 11.5 Å². The quantitative estimate of drug-likeness (QED) is 0.778. The van der Waals surface area contributed by atoms with Gasteiger partial charge in [0, 0.05) is 12.6 Å². The van der Waals surface area contributed by atoms with Gasteiger partial charge in [0.2, 0.25) is 0 Å². The van der Waals surface area contributed by atoms with Crippen LogP contribution in [0.5, 0.6) is 11.5 Å². The summed E-state index contributed by atoms with van der Waals surface area (Å²) >= 11 is 0. The maximum absolute atomic E-state index is 6.05. The summed E-state index contributed by atoms with van der Waals surface area (Å²) in [6, 6.07) is 6.94. The van der Waals surface area contributed by atoms with Crippen molar-refractivity contribution in [2.75, 3.05) is 7.11 Å². The van der Waals surface area contributed by atoms with Crippen molar-refractivity contribution in [3.63, 3.8) is 0 Å². The number of nitrogens with one attached hydrogen (secondary N) is 1. The minimum atomic E-state index is 0.264. The molecule has 1 N–H and O–H groups in total. The van der Waals surface area contributed by atoms with Crippen molar-refractivity contribution in [2.45, 2.75) is 58.2 Å². The molecule has 0 aliphatic heterocycles.